The molecule has 0 saturated carbocycles. The summed E-state index contributed by atoms with van der Waals surface area (Å²) in [7, 11) is 0. The molecule has 26 heavy (non-hydrogen) atoms. The maximum absolute atomic E-state index is 12.5. The van der Waals surface area contributed by atoms with Crippen LogP contribution < -0.4 is 5.69 Å². The van der Waals surface area contributed by atoms with Crippen LogP contribution in [0, 0.1) is 0 Å². The second-order valence-electron chi connectivity index (χ2n) is 5.70. The van der Waals surface area contributed by atoms with Crippen LogP contribution in [-0.4, -0.2) is 24.8 Å². The second-order valence-corrected chi connectivity index (χ2v) is 7.08. The lowest BCUT2D eigenvalue weighted by molar-refractivity contribution is 0.622. The molecule has 0 unspecified atom stereocenters. The molecule has 4 rings (SSSR count). The van der Waals surface area contributed by atoms with Crippen LogP contribution in [0.2, 0.25) is 5.02 Å². The fourth-order valence-corrected chi connectivity index (χ4v) is 3.48. The number of para-hydroxylation sites is 1. The molecule has 2 aromatic heterocycles. The lowest BCUT2D eigenvalue weighted by atomic mass is 10.2. The zero-order chi connectivity index (χ0) is 17.9. The molecule has 0 aliphatic carbocycles. The molecule has 0 saturated heterocycles. The number of tetrazole rings is 1. The van der Waals surface area contributed by atoms with E-state index in [1.165, 1.54) is 9.36 Å². The number of rotatable bonds is 5. The van der Waals surface area contributed by atoms with Crippen molar-refractivity contribution in [2.75, 3.05) is 0 Å². The van der Waals surface area contributed by atoms with Crippen molar-refractivity contribution in [3.8, 4) is 5.69 Å². The van der Waals surface area contributed by atoms with E-state index in [1.54, 1.807) is 11.3 Å². The third kappa shape index (κ3) is 3.58. The van der Waals surface area contributed by atoms with Gasteiger partial charge in [0.15, 0.2) is 0 Å². The van der Waals surface area contributed by atoms with Gasteiger partial charge in [-0.3, -0.25) is 0 Å². The van der Waals surface area contributed by atoms with Crippen molar-refractivity contribution in [3.05, 3.63) is 91.7 Å². The maximum Gasteiger partial charge on any atom is 0.368 e. The van der Waals surface area contributed by atoms with Crippen molar-refractivity contribution in [1.29, 1.82) is 0 Å². The van der Waals surface area contributed by atoms with E-state index in [1.807, 2.05) is 60.0 Å². The normalized spacial score (nSPS) is 11.0. The van der Waals surface area contributed by atoms with Gasteiger partial charge in [-0.25, -0.2) is 9.78 Å². The second kappa shape index (κ2) is 7.23. The summed E-state index contributed by atoms with van der Waals surface area (Å²) in [6.07, 6.45) is 0.730. The Kier molecular flexibility index (Phi) is 4.64. The zero-order valence-electron chi connectivity index (χ0n) is 13.6. The first-order valence-electron chi connectivity index (χ1n) is 7.95. The minimum absolute atomic E-state index is 0.288. The van der Waals surface area contributed by atoms with Gasteiger partial charge in [0, 0.05) is 16.8 Å². The molecule has 8 heteroatoms. The monoisotopic (exact) mass is 383 g/mol. The smallest absolute Gasteiger partial charge is 0.244 e. The van der Waals surface area contributed by atoms with E-state index in [2.05, 4.69) is 15.4 Å². The molecule has 0 amide bonds. The summed E-state index contributed by atoms with van der Waals surface area (Å²) < 4.78 is 2.59. The highest BCUT2D eigenvalue weighted by atomic mass is 35.5. The Balaban J connectivity index is 1.50. The van der Waals surface area contributed by atoms with Crippen molar-refractivity contribution in [3.63, 3.8) is 0 Å². The zero-order valence-corrected chi connectivity index (χ0v) is 15.2. The molecule has 0 fully saturated rings. The maximum atomic E-state index is 12.5. The lowest BCUT2D eigenvalue weighted by Crippen LogP contribution is -2.24. The topological polar surface area (TPSA) is 65.6 Å². The van der Waals surface area contributed by atoms with Crippen molar-refractivity contribution >= 4 is 22.9 Å². The van der Waals surface area contributed by atoms with Crippen molar-refractivity contribution in [1.82, 2.24) is 24.8 Å². The van der Waals surface area contributed by atoms with E-state index in [0.29, 0.717) is 12.2 Å². The van der Waals surface area contributed by atoms with E-state index in [-0.39, 0.29) is 5.69 Å². The Morgan fingerprint density at radius 3 is 2.54 bits per heavy atom. The first-order valence-corrected chi connectivity index (χ1v) is 9.21. The molecule has 2 aromatic carbocycles. The summed E-state index contributed by atoms with van der Waals surface area (Å²) in [4.78, 5) is 17.1. The molecule has 6 nitrogen and oxygen atoms in total. The minimum Gasteiger partial charge on any atom is -0.244 e. The van der Waals surface area contributed by atoms with Gasteiger partial charge < -0.3 is 0 Å². The van der Waals surface area contributed by atoms with Gasteiger partial charge in [-0.2, -0.15) is 9.36 Å². The molecular weight excluding hydrogens is 370 g/mol. The number of nitrogens with zero attached hydrogens (tertiary/aromatic N) is 5. The Bertz CT molecular complexity index is 1070. The van der Waals surface area contributed by atoms with Crippen LogP contribution in [0.25, 0.3) is 5.69 Å². The molecule has 2 heterocycles. The number of hydrogen-bond acceptors (Lipinski definition) is 5. The van der Waals surface area contributed by atoms with Crippen LogP contribution in [0.5, 0.6) is 0 Å². The van der Waals surface area contributed by atoms with E-state index in [0.717, 1.165) is 27.7 Å². The molecule has 0 aliphatic rings. The Morgan fingerprint density at radius 1 is 1.00 bits per heavy atom. The molecule has 0 aliphatic heterocycles. The summed E-state index contributed by atoms with van der Waals surface area (Å²) in [5.41, 5.74) is 2.33. The summed E-state index contributed by atoms with van der Waals surface area (Å²) in [5.74, 6) is 0. The standard InChI is InChI=1S/C18H14ClN5OS/c19-14-8-6-13(7-9-14)10-17-20-15(12-26-17)11-23-18(25)24(22-21-23)16-4-2-1-3-5-16/h1-9,12H,10-11H2. The van der Waals surface area contributed by atoms with Crippen LogP contribution in [-0.2, 0) is 13.0 Å². The minimum atomic E-state index is -0.288. The number of benzene rings is 2. The van der Waals surface area contributed by atoms with E-state index in [9.17, 15) is 4.79 Å². The molecule has 0 atom stereocenters. The number of aromatic nitrogens is 5. The number of hydrogen-bond donors (Lipinski definition) is 0. The van der Waals surface area contributed by atoms with Crippen LogP contribution >= 0.6 is 22.9 Å². The van der Waals surface area contributed by atoms with Crippen LogP contribution in [0.15, 0.2) is 64.8 Å². The van der Waals surface area contributed by atoms with Gasteiger partial charge in [-0.1, -0.05) is 41.9 Å². The molecular formula is C18H14ClN5OS. The highest BCUT2D eigenvalue weighted by Gasteiger charge is 2.11. The first-order chi connectivity index (χ1) is 12.7. The van der Waals surface area contributed by atoms with Crippen molar-refractivity contribution in [2.45, 2.75) is 13.0 Å². The van der Waals surface area contributed by atoms with E-state index in [4.69, 9.17) is 11.6 Å². The van der Waals surface area contributed by atoms with Crippen LogP contribution in [0.4, 0.5) is 0 Å². The quantitative estimate of drug-likeness (QED) is 0.531. The summed E-state index contributed by atoms with van der Waals surface area (Å²) in [6.45, 7) is 0.294. The molecule has 0 N–H and O–H groups in total. The molecule has 0 spiro atoms. The van der Waals surface area contributed by atoms with Gasteiger partial charge >= 0.3 is 5.69 Å². The lowest BCUT2D eigenvalue weighted by Gasteiger charge is -1.98. The number of thiazole rings is 1. The first kappa shape index (κ1) is 16.7. The predicted molar refractivity (Wildman–Crippen MR) is 101 cm³/mol. The molecule has 130 valence electrons. The van der Waals surface area contributed by atoms with Gasteiger partial charge in [0.25, 0.3) is 0 Å². The summed E-state index contributed by atoms with van der Waals surface area (Å²) in [5, 5.41) is 11.5. The SMILES string of the molecule is O=c1n(Cc2csc(Cc3ccc(Cl)cc3)n2)nnn1-c1ccccc1. The predicted octanol–water partition coefficient (Wildman–Crippen LogP) is 3.18. The van der Waals surface area contributed by atoms with Crippen molar-refractivity contribution in [2.24, 2.45) is 0 Å². The summed E-state index contributed by atoms with van der Waals surface area (Å²) in [6, 6.07) is 16.9. The third-order valence-corrected chi connectivity index (χ3v) is 4.97. The third-order valence-electron chi connectivity index (χ3n) is 3.82. The largest absolute Gasteiger partial charge is 0.368 e. The average Bonchev–Trinajstić information content (AvgIpc) is 3.25. The van der Waals surface area contributed by atoms with Gasteiger partial charge in [0.2, 0.25) is 0 Å². The Morgan fingerprint density at radius 2 is 1.77 bits per heavy atom. The molecule has 0 radical (unpaired) electrons. The van der Waals surface area contributed by atoms with Crippen LogP contribution in [0.3, 0.4) is 0 Å². The van der Waals surface area contributed by atoms with Gasteiger partial charge in [0.1, 0.15) is 0 Å². The van der Waals surface area contributed by atoms with Gasteiger partial charge in [-0.05, 0) is 40.3 Å². The van der Waals surface area contributed by atoms with E-state index >= 15 is 0 Å². The molecule has 4 aromatic rings. The molecule has 0 bridgehead atoms. The highest BCUT2D eigenvalue weighted by molar-refractivity contribution is 7.09. The Labute approximate surface area is 158 Å². The van der Waals surface area contributed by atoms with Gasteiger partial charge in [0.05, 0.1) is 22.9 Å². The number of halogens is 1. The Hall–Kier alpha value is -2.77. The highest BCUT2D eigenvalue weighted by Crippen LogP contribution is 2.17. The van der Waals surface area contributed by atoms with Crippen molar-refractivity contribution < 1.29 is 0 Å². The fraction of sp³-hybridized carbons (Fsp3) is 0.111. The van der Waals surface area contributed by atoms with Crippen LogP contribution in [0.1, 0.15) is 16.3 Å². The fourth-order valence-electron chi connectivity index (χ4n) is 2.54. The summed E-state index contributed by atoms with van der Waals surface area (Å²) >= 11 is 7.47. The van der Waals surface area contributed by atoms with Gasteiger partial charge in [-0.15, -0.1) is 11.3 Å². The van der Waals surface area contributed by atoms with E-state index < -0.39 is 0 Å². The average molecular weight is 384 g/mol.